The molecule has 100 valence electrons. The lowest BCUT2D eigenvalue weighted by Gasteiger charge is -2.16. The predicted molar refractivity (Wildman–Crippen MR) is 74.5 cm³/mol. The summed E-state index contributed by atoms with van der Waals surface area (Å²) in [5.41, 5.74) is 3.04. The van der Waals surface area contributed by atoms with E-state index in [1.807, 2.05) is 6.92 Å². The summed E-state index contributed by atoms with van der Waals surface area (Å²) in [6.07, 6.45) is 7.93. The second-order valence-corrected chi connectivity index (χ2v) is 5.47. The van der Waals surface area contributed by atoms with Gasteiger partial charge in [-0.2, -0.15) is 4.98 Å². The zero-order valence-electron chi connectivity index (χ0n) is 10.9. The van der Waals surface area contributed by atoms with Crippen LogP contribution in [-0.4, -0.2) is 20.8 Å². The molecule has 5 heteroatoms. The molecule has 4 nitrogen and oxygen atoms in total. The van der Waals surface area contributed by atoms with Gasteiger partial charge in [0, 0.05) is 29.7 Å². The molecule has 0 saturated heterocycles. The van der Waals surface area contributed by atoms with Crippen molar-refractivity contribution in [2.24, 2.45) is 0 Å². The number of hydrogen-bond acceptors (Lipinski definition) is 3. The normalized spacial score (nSPS) is 16.3. The number of fused-ring (bicyclic) bond motifs is 1. The average Bonchev–Trinajstić information content (AvgIpc) is 2.98. The predicted octanol–water partition coefficient (Wildman–Crippen LogP) is 3.25. The monoisotopic (exact) mass is 277 g/mol. The van der Waals surface area contributed by atoms with Gasteiger partial charge in [0.15, 0.2) is 0 Å². The van der Waals surface area contributed by atoms with Crippen molar-refractivity contribution in [1.82, 2.24) is 14.5 Å². The molecule has 0 amide bonds. The first-order valence-corrected chi connectivity index (χ1v) is 7.05. The maximum atomic E-state index is 11.0. The SMILES string of the molecule is Cc1c(CC=O)n(C2CCCC2)c2nc(Cl)ncc12. The summed E-state index contributed by atoms with van der Waals surface area (Å²) in [5, 5.41) is 1.27. The Morgan fingerprint density at radius 1 is 1.47 bits per heavy atom. The van der Waals surface area contributed by atoms with Gasteiger partial charge < -0.3 is 9.36 Å². The summed E-state index contributed by atoms with van der Waals surface area (Å²) >= 11 is 5.93. The minimum Gasteiger partial charge on any atom is -0.326 e. The molecular formula is C14H16ClN3O. The van der Waals surface area contributed by atoms with Gasteiger partial charge in [-0.1, -0.05) is 12.8 Å². The van der Waals surface area contributed by atoms with Crippen LogP contribution in [0.1, 0.15) is 43.0 Å². The molecule has 0 aromatic carbocycles. The molecule has 0 atom stereocenters. The van der Waals surface area contributed by atoms with Gasteiger partial charge in [0.05, 0.1) is 0 Å². The summed E-state index contributed by atoms with van der Waals surface area (Å²) in [6.45, 7) is 2.03. The molecule has 1 aliphatic carbocycles. The van der Waals surface area contributed by atoms with Crippen molar-refractivity contribution < 1.29 is 4.79 Å². The highest BCUT2D eigenvalue weighted by atomic mass is 35.5. The highest BCUT2D eigenvalue weighted by molar-refractivity contribution is 6.28. The standard InChI is InChI=1S/C14H16ClN3O/c1-9-11-8-16-14(15)17-13(11)18(12(9)6-7-19)10-4-2-3-5-10/h7-8,10H,2-6H2,1H3. The van der Waals surface area contributed by atoms with Gasteiger partial charge >= 0.3 is 0 Å². The van der Waals surface area contributed by atoms with Crippen LogP contribution in [0.3, 0.4) is 0 Å². The number of nitrogens with zero attached hydrogens (tertiary/aromatic N) is 3. The highest BCUT2D eigenvalue weighted by Crippen LogP contribution is 2.36. The molecule has 2 aromatic heterocycles. The number of aldehydes is 1. The van der Waals surface area contributed by atoms with Crippen LogP contribution in [0.4, 0.5) is 0 Å². The molecule has 0 spiro atoms. The van der Waals surface area contributed by atoms with Crippen LogP contribution in [0.25, 0.3) is 11.0 Å². The van der Waals surface area contributed by atoms with Crippen LogP contribution >= 0.6 is 11.6 Å². The number of halogens is 1. The van der Waals surface area contributed by atoms with Gasteiger partial charge in [-0.05, 0) is 36.9 Å². The van der Waals surface area contributed by atoms with E-state index in [1.54, 1.807) is 6.20 Å². The largest absolute Gasteiger partial charge is 0.326 e. The lowest BCUT2D eigenvalue weighted by atomic mass is 10.1. The summed E-state index contributed by atoms with van der Waals surface area (Å²) in [4.78, 5) is 19.4. The third-order valence-electron chi connectivity index (χ3n) is 4.06. The molecule has 0 unspecified atom stereocenters. The van der Waals surface area contributed by atoms with E-state index in [0.29, 0.717) is 12.5 Å². The van der Waals surface area contributed by atoms with E-state index in [0.717, 1.165) is 41.4 Å². The highest BCUT2D eigenvalue weighted by Gasteiger charge is 2.24. The number of carbonyl (C=O) groups is 1. The van der Waals surface area contributed by atoms with Crippen LogP contribution in [0.2, 0.25) is 5.28 Å². The molecule has 1 fully saturated rings. The number of rotatable bonds is 3. The maximum Gasteiger partial charge on any atom is 0.224 e. The van der Waals surface area contributed by atoms with Crippen LogP contribution in [-0.2, 0) is 11.2 Å². The van der Waals surface area contributed by atoms with E-state index >= 15 is 0 Å². The third kappa shape index (κ3) is 2.04. The van der Waals surface area contributed by atoms with Gasteiger partial charge in [-0.15, -0.1) is 0 Å². The van der Waals surface area contributed by atoms with Crippen molar-refractivity contribution in [3.05, 3.63) is 22.7 Å². The maximum absolute atomic E-state index is 11.0. The second kappa shape index (κ2) is 4.93. The molecule has 0 aliphatic heterocycles. The Kier molecular flexibility index (Phi) is 3.27. The molecule has 19 heavy (non-hydrogen) atoms. The quantitative estimate of drug-likeness (QED) is 0.639. The average molecular weight is 278 g/mol. The van der Waals surface area contributed by atoms with E-state index in [4.69, 9.17) is 11.6 Å². The minimum atomic E-state index is 0.266. The zero-order chi connectivity index (χ0) is 13.4. The zero-order valence-corrected chi connectivity index (χ0v) is 11.7. The Bertz CT molecular complexity index is 629. The molecule has 3 rings (SSSR count). The Balaban J connectivity index is 2.27. The fourth-order valence-electron chi connectivity index (χ4n) is 3.15. The lowest BCUT2D eigenvalue weighted by molar-refractivity contribution is -0.107. The van der Waals surface area contributed by atoms with Crippen LogP contribution in [0.5, 0.6) is 0 Å². The van der Waals surface area contributed by atoms with Crippen molar-refractivity contribution in [2.45, 2.75) is 45.1 Å². The molecule has 1 aliphatic rings. The number of hydrogen-bond donors (Lipinski definition) is 0. The molecule has 1 saturated carbocycles. The number of aromatic nitrogens is 3. The van der Waals surface area contributed by atoms with Crippen molar-refractivity contribution >= 4 is 28.9 Å². The topological polar surface area (TPSA) is 47.8 Å². The van der Waals surface area contributed by atoms with E-state index in [-0.39, 0.29) is 5.28 Å². The smallest absolute Gasteiger partial charge is 0.224 e. The van der Waals surface area contributed by atoms with Crippen molar-refractivity contribution in [3.8, 4) is 0 Å². The molecule has 2 heterocycles. The lowest BCUT2D eigenvalue weighted by Crippen LogP contribution is -2.10. The van der Waals surface area contributed by atoms with Crippen LogP contribution in [0.15, 0.2) is 6.20 Å². The summed E-state index contributed by atoms with van der Waals surface area (Å²) in [6, 6.07) is 0.442. The fraction of sp³-hybridized carbons (Fsp3) is 0.500. The Morgan fingerprint density at radius 3 is 2.89 bits per heavy atom. The van der Waals surface area contributed by atoms with E-state index < -0.39 is 0 Å². The minimum absolute atomic E-state index is 0.266. The van der Waals surface area contributed by atoms with E-state index in [9.17, 15) is 4.79 Å². The molecule has 0 bridgehead atoms. The van der Waals surface area contributed by atoms with Gasteiger partial charge in [0.25, 0.3) is 0 Å². The Morgan fingerprint density at radius 2 is 2.21 bits per heavy atom. The number of carbonyl (C=O) groups excluding carboxylic acids is 1. The van der Waals surface area contributed by atoms with Crippen molar-refractivity contribution in [3.63, 3.8) is 0 Å². The third-order valence-corrected chi connectivity index (χ3v) is 4.24. The van der Waals surface area contributed by atoms with Gasteiger partial charge in [0.1, 0.15) is 11.9 Å². The van der Waals surface area contributed by atoms with Crippen LogP contribution < -0.4 is 0 Å². The van der Waals surface area contributed by atoms with Gasteiger partial charge in [-0.25, -0.2) is 4.98 Å². The summed E-state index contributed by atoms with van der Waals surface area (Å²) in [7, 11) is 0. The molecule has 0 radical (unpaired) electrons. The molecule has 0 N–H and O–H groups in total. The van der Waals surface area contributed by atoms with E-state index in [1.165, 1.54) is 12.8 Å². The molecular weight excluding hydrogens is 262 g/mol. The first-order valence-electron chi connectivity index (χ1n) is 6.68. The number of aryl methyl sites for hydroxylation is 1. The van der Waals surface area contributed by atoms with E-state index in [2.05, 4.69) is 14.5 Å². The first kappa shape index (κ1) is 12.6. The summed E-state index contributed by atoms with van der Waals surface area (Å²) in [5.74, 6) is 0. The Hall–Kier alpha value is -1.42. The Labute approximate surface area is 116 Å². The summed E-state index contributed by atoms with van der Waals surface area (Å²) < 4.78 is 2.22. The van der Waals surface area contributed by atoms with Gasteiger partial charge in [0.2, 0.25) is 5.28 Å². The van der Waals surface area contributed by atoms with Gasteiger partial charge in [-0.3, -0.25) is 0 Å². The fourth-order valence-corrected chi connectivity index (χ4v) is 3.28. The van der Waals surface area contributed by atoms with Crippen molar-refractivity contribution in [2.75, 3.05) is 0 Å². The first-order chi connectivity index (χ1) is 9.22. The second-order valence-electron chi connectivity index (χ2n) is 5.13. The van der Waals surface area contributed by atoms with Crippen molar-refractivity contribution in [1.29, 1.82) is 0 Å². The van der Waals surface area contributed by atoms with Crippen LogP contribution in [0, 0.1) is 6.92 Å². The molecule has 2 aromatic rings.